The monoisotopic (exact) mass is 539 g/mol. The maximum absolute atomic E-state index is 5.81. The zero-order valence-corrected chi connectivity index (χ0v) is 21.3. The van der Waals surface area contributed by atoms with Crippen LogP contribution in [0.5, 0.6) is 5.75 Å². The molecule has 1 aromatic heterocycles. The summed E-state index contributed by atoms with van der Waals surface area (Å²) in [5.74, 6) is 2.61. The maximum Gasteiger partial charge on any atom is 0.191 e. The van der Waals surface area contributed by atoms with Crippen LogP contribution in [-0.2, 0) is 17.8 Å². The number of benzene rings is 1. The Morgan fingerprint density at radius 3 is 2.48 bits per heavy atom. The quantitative estimate of drug-likeness (QED) is 0.333. The lowest BCUT2D eigenvalue weighted by atomic mass is 10.1. The number of anilines is 1. The van der Waals surface area contributed by atoms with E-state index in [9.17, 15) is 0 Å². The molecule has 3 rings (SSSR count). The van der Waals surface area contributed by atoms with Crippen molar-refractivity contribution in [1.82, 2.24) is 15.6 Å². The molecule has 2 atom stereocenters. The summed E-state index contributed by atoms with van der Waals surface area (Å²) in [6, 6.07) is 10.4. The number of hydrogen-bond acceptors (Lipinski definition) is 5. The van der Waals surface area contributed by atoms with Gasteiger partial charge in [-0.25, -0.2) is 4.98 Å². The smallest absolute Gasteiger partial charge is 0.191 e. The van der Waals surface area contributed by atoms with Gasteiger partial charge in [-0.05, 0) is 44.0 Å². The molecule has 0 spiro atoms. The number of aliphatic imine (C=N–C) groups is 1. The standard InChI is InChI=1S/C23H33N5O2.HI/c1-16-6-8-20(21(10-16)29-5)13-27-23(24-4)26-12-19-7-9-22(25-11-19)28-14-17(2)30-18(3)15-28;/h6-11,17-18H,12-15H2,1-5H3,(H2,24,26,27);1H. The fraction of sp³-hybridized carbons (Fsp3) is 0.478. The molecule has 1 saturated heterocycles. The van der Waals surface area contributed by atoms with Crippen molar-refractivity contribution >= 4 is 35.8 Å². The first-order valence-corrected chi connectivity index (χ1v) is 10.4. The third-order valence-corrected chi connectivity index (χ3v) is 5.13. The zero-order valence-electron chi connectivity index (χ0n) is 19.0. The van der Waals surface area contributed by atoms with Gasteiger partial charge in [0.25, 0.3) is 0 Å². The number of guanidine groups is 1. The van der Waals surface area contributed by atoms with E-state index in [2.05, 4.69) is 70.5 Å². The molecule has 1 aliphatic heterocycles. The molecule has 0 bridgehead atoms. The average Bonchev–Trinajstić information content (AvgIpc) is 2.74. The molecule has 1 fully saturated rings. The van der Waals surface area contributed by atoms with Crippen molar-refractivity contribution in [2.45, 2.75) is 46.1 Å². The first-order chi connectivity index (χ1) is 14.5. The third-order valence-electron chi connectivity index (χ3n) is 5.13. The Labute approximate surface area is 202 Å². The van der Waals surface area contributed by atoms with E-state index in [1.165, 1.54) is 5.56 Å². The number of pyridine rings is 1. The van der Waals surface area contributed by atoms with E-state index in [-0.39, 0.29) is 36.2 Å². The summed E-state index contributed by atoms with van der Waals surface area (Å²) in [6.45, 7) is 9.28. The Morgan fingerprint density at radius 1 is 1.16 bits per heavy atom. The second kappa shape index (κ2) is 12.1. The Bertz CT molecular complexity index is 850. The van der Waals surface area contributed by atoms with Crippen molar-refractivity contribution in [2.75, 3.05) is 32.1 Å². The molecule has 1 aliphatic rings. The molecule has 0 aliphatic carbocycles. The molecule has 31 heavy (non-hydrogen) atoms. The minimum absolute atomic E-state index is 0. The summed E-state index contributed by atoms with van der Waals surface area (Å²) in [5, 5.41) is 6.68. The molecule has 2 N–H and O–H groups in total. The van der Waals surface area contributed by atoms with Crippen LogP contribution < -0.4 is 20.3 Å². The topological polar surface area (TPSA) is 71.0 Å². The van der Waals surface area contributed by atoms with Gasteiger partial charge in [0.2, 0.25) is 0 Å². The largest absolute Gasteiger partial charge is 0.496 e. The molecule has 0 radical (unpaired) electrons. The lowest BCUT2D eigenvalue weighted by Crippen LogP contribution is -2.45. The molecule has 2 aromatic rings. The Kier molecular flexibility index (Phi) is 9.83. The number of ether oxygens (including phenoxy) is 2. The summed E-state index contributed by atoms with van der Waals surface area (Å²) in [7, 11) is 3.46. The van der Waals surface area contributed by atoms with Crippen molar-refractivity contribution in [1.29, 1.82) is 0 Å². The van der Waals surface area contributed by atoms with Crippen LogP contribution in [0.4, 0.5) is 5.82 Å². The zero-order chi connectivity index (χ0) is 21.5. The minimum Gasteiger partial charge on any atom is -0.496 e. The fourth-order valence-electron chi connectivity index (χ4n) is 3.66. The van der Waals surface area contributed by atoms with Crippen LogP contribution in [0.2, 0.25) is 0 Å². The van der Waals surface area contributed by atoms with Crippen LogP contribution in [0, 0.1) is 6.92 Å². The highest BCUT2D eigenvalue weighted by atomic mass is 127. The van der Waals surface area contributed by atoms with Gasteiger partial charge in [-0.1, -0.05) is 18.2 Å². The number of aromatic nitrogens is 1. The van der Waals surface area contributed by atoms with Crippen LogP contribution in [0.1, 0.15) is 30.5 Å². The number of hydrogen-bond donors (Lipinski definition) is 2. The summed E-state index contributed by atoms with van der Waals surface area (Å²) >= 11 is 0. The molecule has 7 nitrogen and oxygen atoms in total. The van der Waals surface area contributed by atoms with Crippen molar-refractivity contribution in [3.05, 3.63) is 53.2 Å². The molecule has 2 heterocycles. The molecular formula is C23H34IN5O2. The van der Waals surface area contributed by atoms with Gasteiger partial charge in [0.1, 0.15) is 11.6 Å². The van der Waals surface area contributed by atoms with Crippen LogP contribution in [-0.4, -0.2) is 50.4 Å². The van der Waals surface area contributed by atoms with Crippen LogP contribution in [0.3, 0.4) is 0 Å². The SMILES string of the molecule is CN=C(NCc1ccc(N2CC(C)OC(C)C2)nc1)NCc1ccc(C)cc1OC.I. The summed E-state index contributed by atoms with van der Waals surface area (Å²) in [5.41, 5.74) is 3.37. The molecule has 0 amide bonds. The highest BCUT2D eigenvalue weighted by Gasteiger charge is 2.22. The van der Waals surface area contributed by atoms with Crippen LogP contribution in [0.25, 0.3) is 0 Å². The predicted molar refractivity (Wildman–Crippen MR) is 137 cm³/mol. The van der Waals surface area contributed by atoms with Gasteiger partial charge in [-0.2, -0.15) is 0 Å². The molecule has 8 heteroatoms. The van der Waals surface area contributed by atoms with E-state index in [0.717, 1.165) is 41.7 Å². The number of halogens is 1. The first-order valence-electron chi connectivity index (χ1n) is 10.4. The first kappa shape index (κ1) is 25.2. The van der Waals surface area contributed by atoms with Crippen LogP contribution in [0.15, 0.2) is 41.5 Å². The summed E-state index contributed by atoms with van der Waals surface area (Å²) in [6.07, 6.45) is 2.36. The molecule has 1 aromatic carbocycles. The third kappa shape index (κ3) is 7.24. The highest BCUT2D eigenvalue weighted by molar-refractivity contribution is 14.0. The average molecular weight is 539 g/mol. The van der Waals surface area contributed by atoms with E-state index in [1.807, 2.05) is 12.3 Å². The lowest BCUT2D eigenvalue weighted by molar-refractivity contribution is -0.00545. The Balaban J connectivity index is 0.00000341. The second-order valence-corrected chi connectivity index (χ2v) is 7.78. The van der Waals surface area contributed by atoms with Gasteiger partial charge >= 0.3 is 0 Å². The molecular weight excluding hydrogens is 505 g/mol. The van der Waals surface area contributed by atoms with E-state index in [4.69, 9.17) is 9.47 Å². The molecule has 0 saturated carbocycles. The number of morpholine rings is 1. The van der Waals surface area contributed by atoms with Gasteiger partial charge in [-0.3, -0.25) is 4.99 Å². The number of rotatable bonds is 6. The number of aryl methyl sites for hydroxylation is 1. The Morgan fingerprint density at radius 2 is 1.87 bits per heavy atom. The number of methoxy groups -OCH3 is 1. The summed E-state index contributed by atoms with van der Waals surface area (Å²) in [4.78, 5) is 11.2. The van der Waals surface area contributed by atoms with Crippen molar-refractivity contribution < 1.29 is 9.47 Å². The lowest BCUT2D eigenvalue weighted by Gasteiger charge is -2.36. The summed E-state index contributed by atoms with van der Waals surface area (Å²) < 4.78 is 11.3. The van der Waals surface area contributed by atoms with Crippen molar-refractivity contribution in [3.8, 4) is 5.75 Å². The predicted octanol–water partition coefficient (Wildman–Crippen LogP) is 3.50. The van der Waals surface area contributed by atoms with Crippen molar-refractivity contribution in [2.24, 2.45) is 4.99 Å². The van der Waals surface area contributed by atoms with E-state index < -0.39 is 0 Å². The van der Waals surface area contributed by atoms with E-state index >= 15 is 0 Å². The second-order valence-electron chi connectivity index (χ2n) is 7.78. The minimum atomic E-state index is 0. The fourth-order valence-corrected chi connectivity index (χ4v) is 3.66. The van der Waals surface area contributed by atoms with Gasteiger partial charge in [0, 0.05) is 45.0 Å². The Hall–Kier alpha value is -2.07. The molecule has 2 unspecified atom stereocenters. The van der Waals surface area contributed by atoms with Crippen LogP contribution >= 0.6 is 24.0 Å². The molecule has 170 valence electrons. The number of nitrogens with zero attached hydrogens (tertiary/aromatic N) is 3. The maximum atomic E-state index is 5.81. The van der Waals surface area contributed by atoms with Gasteiger partial charge < -0.3 is 25.0 Å². The van der Waals surface area contributed by atoms with E-state index in [1.54, 1.807) is 14.2 Å². The number of nitrogens with one attached hydrogen (secondary N) is 2. The van der Waals surface area contributed by atoms with Crippen molar-refractivity contribution in [3.63, 3.8) is 0 Å². The van der Waals surface area contributed by atoms with Gasteiger partial charge in [0.15, 0.2) is 5.96 Å². The van der Waals surface area contributed by atoms with Gasteiger partial charge in [-0.15, -0.1) is 24.0 Å². The normalized spacial score (nSPS) is 18.9. The highest BCUT2D eigenvalue weighted by Crippen LogP contribution is 2.20. The van der Waals surface area contributed by atoms with E-state index in [0.29, 0.717) is 13.1 Å². The van der Waals surface area contributed by atoms with Gasteiger partial charge in [0.05, 0.1) is 19.3 Å².